The Labute approximate surface area is 200 Å². The number of thioether (sulfide) groups is 1. The standard InChI is InChI=1S/C23H22N8O2S/c24-13-16-12-18(22(33)28-17-4-2-1-3-5-17)21(25)29-23(16)34-15-20(32)31-10-8-30(9-11-31)19-14-26-6-7-27-19/h1-7,12,14H,8-11,15H2,(H2,25,29)(H,28,33). The van der Waals surface area contributed by atoms with Crippen molar-refractivity contribution in [3.63, 3.8) is 0 Å². The number of hydrogen-bond acceptors (Lipinski definition) is 9. The summed E-state index contributed by atoms with van der Waals surface area (Å²) in [5.74, 6) is 0.390. The number of nitriles is 1. The molecule has 34 heavy (non-hydrogen) atoms. The zero-order valence-corrected chi connectivity index (χ0v) is 19.0. The third-order valence-corrected chi connectivity index (χ3v) is 6.23. The van der Waals surface area contributed by atoms with Crippen LogP contribution >= 0.6 is 11.8 Å². The van der Waals surface area contributed by atoms with E-state index in [1.807, 2.05) is 12.1 Å². The molecule has 1 aromatic carbocycles. The van der Waals surface area contributed by atoms with E-state index in [0.717, 1.165) is 17.6 Å². The first-order chi connectivity index (χ1) is 16.5. The number of nitrogens with two attached hydrogens (primary N) is 1. The lowest BCUT2D eigenvalue weighted by Gasteiger charge is -2.35. The summed E-state index contributed by atoms with van der Waals surface area (Å²) >= 11 is 1.14. The van der Waals surface area contributed by atoms with Crippen molar-refractivity contribution in [3.05, 3.63) is 66.1 Å². The Hall–Kier alpha value is -4.17. The van der Waals surface area contributed by atoms with Gasteiger partial charge in [-0.25, -0.2) is 9.97 Å². The quantitative estimate of drug-likeness (QED) is 0.513. The Balaban J connectivity index is 1.36. The Morgan fingerprint density at radius 2 is 1.91 bits per heavy atom. The van der Waals surface area contributed by atoms with Crippen LogP contribution in [-0.4, -0.2) is 63.6 Å². The van der Waals surface area contributed by atoms with Gasteiger partial charge in [0.25, 0.3) is 5.91 Å². The predicted octanol–water partition coefficient (Wildman–Crippen LogP) is 2.02. The van der Waals surface area contributed by atoms with E-state index in [2.05, 4.69) is 25.2 Å². The van der Waals surface area contributed by atoms with Gasteiger partial charge in [0.05, 0.1) is 23.1 Å². The number of nitrogens with zero attached hydrogens (tertiary/aromatic N) is 6. The second-order valence-electron chi connectivity index (χ2n) is 7.43. The number of piperazine rings is 1. The SMILES string of the molecule is N#Cc1cc(C(=O)Nc2ccccc2)c(N)nc1SCC(=O)N1CCN(c2cnccn2)CC1. The molecule has 2 amide bonds. The first kappa shape index (κ1) is 23.0. The van der Waals surface area contributed by atoms with E-state index >= 15 is 0 Å². The topological polar surface area (TPSA) is 141 Å². The summed E-state index contributed by atoms with van der Waals surface area (Å²) in [6, 6.07) is 12.4. The molecular weight excluding hydrogens is 452 g/mol. The monoisotopic (exact) mass is 474 g/mol. The number of nitrogen functional groups attached to an aromatic ring is 1. The molecule has 1 aliphatic rings. The molecule has 0 saturated carbocycles. The van der Waals surface area contributed by atoms with Crippen LogP contribution in [0.5, 0.6) is 0 Å². The maximum absolute atomic E-state index is 12.7. The molecule has 0 atom stereocenters. The number of para-hydroxylation sites is 1. The molecule has 0 spiro atoms. The molecule has 11 heteroatoms. The Kier molecular flexibility index (Phi) is 7.19. The molecule has 2 aromatic heterocycles. The number of amides is 2. The van der Waals surface area contributed by atoms with Crippen molar-refractivity contribution in [2.45, 2.75) is 5.03 Å². The van der Waals surface area contributed by atoms with Gasteiger partial charge in [0.2, 0.25) is 5.91 Å². The maximum Gasteiger partial charge on any atom is 0.259 e. The van der Waals surface area contributed by atoms with Crippen LogP contribution in [0.15, 0.2) is 60.0 Å². The zero-order valence-electron chi connectivity index (χ0n) is 18.2. The third-order valence-electron chi connectivity index (χ3n) is 5.25. The van der Waals surface area contributed by atoms with Crippen LogP contribution in [0.2, 0.25) is 0 Å². The van der Waals surface area contributed by atoms with E-state index in [9.17, 15) is 14.9 Å². The molecule has 3 aromatic rings. The largest absolute Gasteiger partial charge is 0.383 e. The first-order valence-electron chi connectivity index (χ1n) is 10.5. The number of carbonyl (C=O) groups excluding carboxylic acids is 2. The van der Waals surface area contributed by atoms with E-state index in [4.69, 9.17) is 5.73 Å². The minimum Gasteiger partial charge on any atom is -0.383 e. The number of anilines is 3. The first-order valence-corrected chi connectivity index (χ1v) is 11.5. The molecular formula is C23H22N8O2S. The van der Waals surface area contributed by atoms with Gasteiger partial charge in [-0.05, 0) is 18.2 Å². The molecule has 10 nitrogen and oxygen atoms in total. The van der Waals surface area contributed by atoms with E-state index < -0.39 is 5.91 Å². The molecule has 3 heterocycles. The van der Waals surface area contributed by atoms with Crippen molar-refractivity contribution in [3.8, 4) is 6.07 Å². The lowest BCUT2D eigenvalue weighted by molar-refractivity contribution is -0.128. The Morgan fingerprint density at radius 1 is 1.15 bits per heavy atom. The highest BCUT2D eigenvalue weighted by atomic mass is 32.2. The van der Waals surface area contributed by atoms with Crippen molar-refractivity contribution in [1.82, 2.24) is 19.9 Å². The molecule has 0 radical (unpaired) electrons. The van der Waals surface area contributed by atoms with Gasteiger partial charge in [0, 0.05) is 44.3 Å². The fourth-order valence-corrected chi connectivity index (χ4v) is 4.33. The zero-order chi connectivity index (χ0) is 23.9. The molecule has 0 aliphatic carbocycles. The van der Waals surface area contributed by atoms with Gasteiger partial charge in [0.1, 0.15) is 22.7 Å². The van der Waals surface area contributed by atoms with Gasteiger partial charge in [-0.3, -0.25) is 14.6 Å². The molecule has 0 bridgehead atoms. The maximum atomic E-state index is 12.7. The Morgan fingerprint density at radius 3 is 2.59 bits per heavy atom. The van der Waals surface area contributed by atoms with Crippen molar-refractivity contribution < 1.29 is 9.59 Å². The molecule has 1 fully saturated rings. The van der Waals surface area contributed by atoms with Crippen LogP contribution in [0.3, 0.4) is 0 Å². The van der Waals surface area contributed by atoms with Gasteiger partial charge >= 0.3 is 0 Å². The van der Waals surface area contributed by atoms with Gasteiger partial charge in [-0.15, -0.1) is 0 Å². The molecule has 172 valence electrons. The molecule has 1 saturated heterocycles. The number of benzene rings is 1. The van der Waals surface area contributed by atoms with Gasteiger partial charge in [-0.1, -0.05) is 30.0 Å². The summed E-state index contributed by atoms with van der Waals surface area (Å²) in [6.45, 7) is 2.45. The van der Waals surface area contributed by atoms with E-state index in [1.54, 1.807) is 47.8 Å². The van der Waals surface area contributed by atoms with Crippen LogP contribution in [0.25, 0.3) is 0 Å². The van der Waals surface area contributed by atoms with Crippen LogP contribution in [0.1, 0.15) is 15.9 Å². The summed E-state index contributed by atoms with van der Waals surface area (Å²) in [5.41, 5.74) is 6.92. The highest BCUT2D eigenvalue weighted by molar-refractivity contribution is 8.00. The second-order valence-corrected chi connectivity index (χ2v) is 8.39. The highest BCUT2D eigenvalue weighted by Crippen LogP contribution is 2.25. The van der Waals surface area contributed by atoms with Crippen LogP contribution in [0, 0.1) is 11.3 Å². The van der Waals surface area contributed by atoms with Crippen LogP contribution in [-0.2, 0) is 4.79 Å². The van der Waals surface area contributed by atoms with E-state index in [0.29, 0.717) is 36.9 Å². The van der Waals surface area contributed by atoms with Gasteiger partial charge in [-0.2, -0.15) is 5.26 Å². The molecule has 4 rings (SSSR count). The van der Waals surface area contributed by atoms with Crippen molar-refractivity contribution in [1.29, 1.82) is 5.26 Å². The molecule has 1 aliphatic heterocycles. The number of rotatable bonds is 6. The third kappa shape index (κ3) is 5.41. The lowest BCUT2D eigenvalue weighted by Crippen LogP contribution is -2.49. The summed E-state index contributed by atoms with van der Waals surface area (Å²) in [7, 11) is 0. The number of carbonyl (C=O) groups is 2. The van der Waals surface area contributed by atoms with Crippen LogP contribution < -0.4 is 16.0 Å². The van der Waals surface area contributed by atoms with Crippen molar-refractivity contribution >= 4 is 40.9 Å². The molecule has 0 unspecified atom stereocenters. The fraction of sp³-hybridized carbons (Fsp3) is 0.217. The van der Waals surface area contributed by atoms with Crippen LogP contribution in [0.4, 0.5) is 17.3 Å². The summed E-state index contributed by atoms with van der Waals surface area (Å²) < 4.78 is 0. The fourth-order valence-electron chi connectivity index (χ4n) is 3.46. The highest BCUT2D eigenvalue weighted by Gasteiger charge is 2.23. The summed E-state index contributed by atoms with van der Waals surface area (Å²) in [4.78, 5) is 41.8. The van der Waals surface area contributed by atoms with Crippen molar-refractivity contribution in [2.24, 2.45) is 0 Å². The Bertz CT molecular complexity index is 1210. The number of aromatic nitrogens is 3. The average Bonchev–Trinajstić information content (AvgIpc) is 2.88. The van der Waals surface area contributed by atoms with E-state index in [-0.39, 0.29) is 28.6 Å². The number of pyridine rings is 1. The minimum atomic E-state index is -0.457. The predicted molar refractivity (Wildman–Crippen MR) is 129 cm³/mol. The lowest BCUT2D eigenvalue weighted by atomic mass is 10.2. The number of nitrogens with one attached hydrogen (secondary N) is 1. The summed E-state index contributed by atoms with van der Waals surface area (Å²) in [6.07, 6.45) is 4.97. The average molecular weight is 475 g/mol. The molecule has 3 N–H and O–H groups in total. The summed E-state index contributed by atoms with van der Waals surface area (Å²) in [5, 5.41) is 12.6. The minimum absolute atomic E-state index is 0.0000324. The smallest absolute Gasteiger partial charge is 0.259 e. The van der Waals surface area contributed by atoms with Crippen molar-refractivity contribution in [2.75, 3.05) is 47.9 Å². The number of hydrogen-bond donors (Lipinski definition) is 2. The van der Waals surface area contributed by atoms with Gasteiger partial charge in [0.15, 0.2) is 0 Å². The second kappa shape index (κ2) is 10.6. The van der Waals surface area contributed by atoms with Gasteiger partial charge < -0.3 is 20.9 Å². The normalized spacial score (nSPS) is 13.3. The van der Waals surface area contributed by atoms with E-state index in [1.165, 1.54) is 6.07 Å².